The molecule has 0 bridgehead atoms. The molecule has 1 N–H and O–H groups in total. The maximum absolute atomic E-state index is 12.5. The number of nitrogens with one attached hydrogen (secondary N) is 1. The molecule has 1 unspecified atom stereocenters. The number of aryl methyl sites for hydroxylation is 1. The van der Waals surface area contributed by atoms with Gasteiger partial charge in [-0.15, -0.1) is 0 Å². The summed E-state index contributed by atoms with van der Waals surface area (Å²) in [6.07, 6.45) is 0.158. The number of amides is 1. The van der Waals surface area contributed by atoms with Gasteiger partial charge in [0.25, 0.3) is 5.91 Å². The molecule has 1 amide bonds. The predicted molar refractivity (Wildman–Crippen MR) is 108 cm³/mol. The van der Waals surface area contributed by atoms with E-state index in [1.807, 2.05) is 12.1 Å². The Morgan fingerprint density at radius 2 is 1.72 bits per heavy atom. The van der Waals surface area contributed by atoms with Crippen molar-refractivity contribution in [3.63, 3.8) is 0 Å². The predicted octanol–water partition coefficient (Wildman–Crippen LogP) is 3.53. The van der Waals surface area contributed by atoms with E-state index in [1.54, 1.807) is 12.1 Å². The minimum absolute atomic E-state index is 0.0906. The first kappa shape index (κ1) is 22.6. The fourth-order valence-corrected chi connectivity index (χ4v) is 3.07. The second kappa shape index (κ2) is 10.8. The molecule has 0 aliphatic heterocycles. The van der Waals surface area contributed by atoms with Crippen molar-refractivity contribution in [2.24, 2.45) is 0 Å². The van der Waals surface area contributed by atoms with Gasteiger partial charge in [-0.2, -0.15) is 0 Å². The highest BCUT2D eigenvalue weighted by molar-refractivity contribution is 6.32. The lowest BCUT2D eigenvalue weighted by molar-refractivity contribution is -0.154. The Hall–Kier alpha value is -2.64. The van der Waals surface area contributed by atoms with E-state index < -0.39 is 23.9 Å². The zero-order valence-corrected chi connectivity index (χ0v) is 17.4. The van der Waals surface area contributed by atoms with Crippen LogP contribution in [0.25, 0.3) is 0 Å². The van der Waals surface area contributed by atoms with E-state index in [0.29, 0.717) is 30.5 Å². The van der Waals surface area contributed by atoms with Crippen LogP contribution in [-0.4, -0.2) is 36.5 Å². The van der Waals surface area contributed by atoms with E-state index in [1.165, 1.54) is 26.2 Å². The Morgan fingerprint density at radius 1 is 1.10 bits per heavy atom. The van der Waals surface area contributed by atoms with E-state index in [-0.39, 0.29) is 10.3 Å². The molecule has 0 fully saturated rings. The highest BCUT2D eigenvalue weighted by Crippen LogP contribution is 2.23. The summed E-state index contributed by atoms with van der Waals surface area (Å²) in [5, 5.41) is 2.92. The smallest absolute Gasteiger partial charge is 0.337 e. The van der Waals surface area contributed by atoms with Crippen LogP contribution in [-0.2, 0) is 25.5 Å². The summed E-state index contributed by atoms with van der Waals surface area (Å²) in [4.78, 5) is 39.2. The molecule has 1 heterocycles. The van der Waals surface area contributed by atoms with Crippen LogP contribution in [0.4, 0.5) is 0 Å². The number of aromatic nitrogens is 1. The first-order chi connectivity index (χ1) is 13.8. The number of carbonyl (C=O) groups is 3. The minimum Gasteiger partial charge on any atom is -0.465 e. The Bertz CT molecular complexity index is 867. The van der Waals surface area contributed by atoms with Gasteiger partial charge in [0.15, 0.2) is 0 Å². The Morgan fingerprint density at radius 3 is 2.28 bits per heavy atom. The molecular formula is C20H20Cl2N2O5. The minimum atomic E-state index is -1.18. The van der Waals surface area contributed by atoms with Crippen LogP contribution in [0.5, 0.6) is 0 Å². The molecule has 2 aromatic rings. The van der Waals surface area contributed by atoms with Gasteiger partial charge in [0.1, 0.15) is 10.3 Å². The number of pyridine rings is 1. The number of carbonyl (C=O) groups excluding carboxylic acids is 3. The molecule has 2 rings (SSSR count). The highest BCUT2D eigenvalue weighted by atomic mass is 35.5. The average molecular weight is 439 g/mol. The summed E-state index contributed by atoms with van der Waals surface area (Å²) >= 11 is 11.7. The number of methoxy groups -OCH3 is 1. The zero-order valence-electron chi connectivity index (χ0n) is 15.9. The lowest BCUT2D eigenvalue weighted by Gasteiger charge is -2.17. The molecule has 0 saturated heterocycles. The number of ether oxygens (including phenoxy) is 2. The van der Waals surface area contributed by atoms with Crippen LogP contribution in [0.15, 0.2) is 36.4 Å². The monoisotopic (exact) mass is 438 g/mol. The molecule has 1 aromatic heterocycles. The summed E-state index contributed by atoms with van der Waals surface area (Å²) < 4.78 is 9.79. The third-order valence-corrected chi connectivity index (χ3v) is 4.31. The van der Waals surface area contributed by atoms with E-state index in [4.69, 9.17) is 27.9 Å². The highest BCUT2D eigenvalue weighted by Gasteiger charge is 2.24. The zero-order chi connectivity index (χ0) is 21.4. The maximum Gasteiger partial charge on any atom is 0.337 e. The quantitative estimate of drug-likeness (QED) is 0.384. The van der Waals surface area contributed by atoms with Gasteiger partial charge in [0, 0.05) is 19.0 Å². The van der Waals surface area contributed by atoms with Crippen molar-refractivity contribution in [2.75, 3.05) is 13.7 Å². The van der Waals surface area contributed by atoms with Gasteiger partial charge in [0.05, 0.1) is 12.7 Å². The number of nitrogens with zero attached hydrogens (tertiary/aromatic N) is 1. The van der Waals surface area contributed by atoms with Crippen molar-refractivity contribution >= 4 is 41.0 Å². The molecule has 0 aliphatic carbocycles. The van der Waals surface area contributed by atoms with E-state index >= 15 is 0 Å². The molecule has 29 heavy (non-hydrogen) atoms. The van der Waals surface area contributed by atoms with Crippen molar-refractivity contribution in [3.8, 4) is 0 Å². The van der Waals surface area contributed by atoms with Crippen LogP contribution in [0, 0.1) is 0 Å². The third-order valence-electron chi connectivity index (χ3n) is 3.93. The lowest BCUT2D eigenvalue weighted by atomic mass is 10.1. The first-order valence-corrected chi connectivity index (χ1v) is 9.51. The number of halogens is 2. The summed E-state index contributed by atoms with van der Waals surface area (Å²) in [7, 11) is 1.33. The van der Waals surface area contributed by atoms with Crippen molar-refractivity contribution in [1.29, 1.82) is 0 Å². The summed E-state index contributed by atoms with van der Waals surface area (Å²) in [6, 6.07) is 9.88. The van der Waals surface area contributed by atoms with Gasteiger partial charge < -0.3 is 14.8 Å². The van der Waals surface area contributed by atoms with Gasteiger partial charge in [-0.25, -0.2) is 9.78 Å². The molecule has 0 spiro atoms. The van der Waals surface area contributed by atoms with Crippen molar-refractivity contribution in [3.05, 3.63) is 63.4 Å². The normalized spacial score (nSPS) is 11.4. The standard InChI is InChI=1S/C20H20Cl2N2O5/c1-12(25)29-18(15-10-16(21)24-17(22)11-15)19(26)23-9-3-4-13-5-7-14(8-6-13)20(27)28-2/h5-8,10-11,18H,3-4,9H2,1-2H3,(H,23,26). The molecule has 0 saturated carbocycles. The van der Waals surface area contributed by atoms with Gasteiger partial charge in [0.2, 0.25) is 6.10 Å². The van der Waals surface area contributed by atoms with E-state index in [0.717, 1.165) is 5.56 Å². The largest absolute Gasteiger partial charge is 0.465 e. The number of benzene rings is 1. The third kappa shape index (κ3) is 7.03. The summed E-state index contributed by atoms with van der Waals surface area (Å²) in [5.41, 5.74) is 1.82. The Labute approximate surface area is 178 Å². The molecule has 0 aliphatic rings. The molecule has 1 aromatic carbocycles. The number of hydrogen-bond donors (Lipinski definition) is 1. The molecule has 154 valence electrons. The van der Waals surface area contributed by atoms with Crippen LogP contribution in [0.2, 0.25) is 10.3 Å². The molecule has 0 radical (unpaired) electrons. The SMILES string of the molecule is COC(=O)c1ccc(CCCNC(=O)C(OC(C)=O)c2cc(Cl)nc(Cl)c2)cc1. The number of esters is 2. The van der Waals surface area contributed by atoms with Gasteiger partial charge in [-0.1, -0.05) is 35.3 Å². The molecule has 7 nitrogen and oxygen atoms in total. The van der Waals surface area contributed by atoms with Crippen molar-refractivity contribution < 1.29 is 23.9 Å². The number of rotatable bonds is 8. The fourth-order valence-electron chi connectivity index (χ4n) is 2.60. The van der Waals surface area contributed by atoms with Gasteiger partial charge in [-0.3, -0.25) is 9.59 Å². The van der Waals surface area contributed by atoms with Crippen molar-refractivity contribution in [2.45, 2.75) is 25.9 Å². The number of hydrogen-bond acceptors (Lipinski definition) is 6. The van der Waals surface area contributed by atoms with Crippen LogP contribution < -0.4 is 5.32 Å². The second-order valence-corrected chi connectivity index (χ2v) is 6.89. The summed E-state index contributed by atoms with van der Waals surface area (Å²) in [6.45, 7) is 1.57. The lowest BCUT2D eigenvalue weighted by Crippen LogP contribution is -2.32. The van der Waals surface area contributed by atoms with E-state index in [9.17, 15) is 14.4 Å². The first-order valence-electron chi connectivity index (χ1n) is 8.75. The summed E-state index contributed by atoms with van der Waals surface area (Å²) in [5.74, 6) is -1.49. The van der Waals surface area contributed by atoms with Crippen LogP contribution >= 0.6 is 23.2 Å². The van der Waals surface area contributed by atoms with Crippen molar-refractivity contribution in [1.82, 2.24) is 10.3 Å². The average Bonchev–Trinajstić information content (AvgIpc) is 2.68. The van der Waals surface area contributed by atoms with E-state index in [2.05, 4.69) is 15.0 Å². The molecule has 1 atom stereocenters. The van der Waals surface area contributed by atoms with Gasteiger partial charge >= 0.3 is 11.9 Å². The Kier molecular flexibility index (Phi) is 8.42. The fraction of sp³-hybridized carbons (Fsp3) is 0.300. The molecule has 9 heteroatoms. The van der Waals surface area contributed by atoms with Gasteiger partial charge in [-0.05, 0) is 42.7 Å². The van der Waals surface area contributed by atoms with Crippen LogP contribution in [0.3, 0.4) is 0 Å². The topological polar surface area (TPSA) is 94.6 Å². The Balaban J connectivity index is 1.92. The maximum atomic E-state index is 12.5. The second-order valence-electron chi connectivity index (χ2n) is 6.12. The molecular weight excluding hydrogens is 419 g/mol. The van der Waals surface area contributed by atoms with Crippen LogP contribution in [0.1, 0.15) is 40.9 Å².